The SMILES string of the molecule is Cc1onc(-c2ccccc2Cl)c1C(=O)N(Cc1ccccn1)c1nc2ccc([N+](=O)[O-])cc2s1. The number of nitrogens with zero attached hydrogens (tertiary/aromatic N) is 5. The molecule has 0 saturated carbocycles. The minimum Gasteiger partial charge on any atom is -0.360 e. The van der Waals surface area contributed by atoms with E-state index in [1.165, 1.54) is 28.4 Å². The van der Waals surface area contributed by atoms with E-state index in [0.29, 0.717) is 43.1 Å². The van der Waals surface area contributed by atoms with E-state index in [1.54, 1.807) is 55.6 Å². The molecule has 0 N–H and O–H groups in total. The maximum Gasteiger partial charge on any atom is 0.270 e. The third-order valence-corrected chi connectivity index (χ3v) is 6.67. The zero-order chi connectivity index (χ0) is 24.5. The number of pyridine rings is 1. The average molecular weight is 506 g/mol. The number of aromatic nitrogens is 3. The molecule has 0 aliphatic rings. The van der Waals surface area contributed by atoms with Crippen molar-refractivity contribution in [3.05, 3.63) is 99.0 Å². The first-order chi connectivity index (χ1) is 16.9. The molecule has 3 aromatic heterocycles. The Kier molecular flexibility index (Phi) is 5.98. The van der Waals surface area contributed by atoms with Gasteiger partial charge >= 0.3 is 0 Å². The van der Waals surface area contributed by atoms with E-state index in [-0.39, 0.29) is 17.8 Å². The number of rotatable bonds is 6. The van der Waals surface area contributed by atoms with Gasteiger partial charge in [0.05, 0.1) is 32.4 Å². The Morgan fingerprint density at radius 1 is 1.17 bits per heavy atom. The summed E-state index contributed by atoms with van der Waals surface area (Å²) in [6.07, 6.45) is 1.64. The first kappa shape index (κ1) is 22.6. The fourth-order valence-electron chi connectivity index (χ4n) is 3.61. The second-order valence-corrected chi connectivity index (χ2v) is 8.98. The van der Waals surface area contributed by atoms with Crippen LogP contribution < -0.4 is 4.90 Å². The number of amides is 1. The van der Waals surface area contributed by atoms with E-state index in [2.05, 4.69) is 15.1 Å². The molecule has 5 rings (SSSR count). The summed E-state index contributed by atoms with van der Waals surface area (Å²) in [5.74, 6) is -0.0782. The van der Waals surface area contributed by atoms with Gasteiger partial charge in [-0.3, -0.25) is 24.8 Å². The van der Waals surface area contributed by atoms with Crippen LogP contribution in [0.5, 0.6) is 0 Å². The highest BCUT2D eigenvalue weighted by Crippen LogP contribution is 2.36. The Bertz CT molecular complexity index is 1570. The summed E-state index contributed by atoms with van der Waals surface area (Å²) in [6.45, 7) is 1.77. The first-order valence-corrected chi connectivity index (χ1v) is 11.6. The number of benzene rings is 2. The number of hydrogen-bond donors (Lipinski definition) is 0. The lowest BCUT2D eigenvalue weighted by molar-refractivity contribution is -0.384. The number of aryl methyl sites for hydroxylation is 1. The number of carbonyl (C=O) groups is 1. The van der Waals surface area contributed by atoms with Gasteiger partial charge in [-0.15, -0.1) is 0 Å². The Morgan fingerprint density at radius 2 is 1.97 bits per heavy atom. The number of nitro benzene ring substituents is 1. The van der Waals surface area contributed by atoms with Crippen molar-refractivity contribution in [1.82, 2.24) is 15.1 Å². The molecule has 174 valence electrons. The molecule has 35 heavy (non-hydrogen) atoms. The molecule has 0 aliphatic heterocycles. The molecule has 0 atom stereocenters. The number of non-ortho nitro benzene ring substituents is 1. The molecule has 0 fully saturated rings. The van der Waals surface area contributed by atoms with Crippen LogP contribution in [0.2, 0.25) is 5.02 Å². The number of hydrogen-bond acceptors (Lipinski definition) is 8. The molecule has 0 aliphatic carbocycles. The largest absolute Gasteiger partial charge is 0.360 e. The van der Waals surface area contributed by atoms with Gasteiger partial charge in [0.25, 0.3) is 11.6 Å². The summed E-state index contributed by atoms with van der Waals surface area (Å²) in [7, 11) is 0. The molecule has 0 spiro atoms. The highest BCUT2D eigenvalue weighted by molar-refractivity contribution is 7.22. The molecule has 5 aromatic rings. The van der Waals surface area contributed by atoms with Gasteiger partial charge in [-0.1, -0.05) is 52.4 Å². The van der Waals surface area contributed by atoms with Crippen LogP contribution in [0.1, 0.15) is 21.8 Å². The van der Waals surface area contributed by atoms with E-state index < -0.39 is 10.8 Å². The fraction of sp³-hybridized carbons (Fsp3) is 0.0833. The monoisotopic (exact) mass is 505 g/mol. The highest BCUT2D eigenvalue weighted by Gasteiger charge is 2.30. The molecule has 1 amide bonds. The molecule has 9 nitrogen and oxygen atoms in total. The van der Waals surface area contributed by atoms with Crippen LogP contribution in [0.15, 0.2) is 71.4 Å². The zero-order valence-electron chi connectivity index (χ0n) is 18.2. The van der Waals surface area contributed by atoms with Crippen molar-refractivity contribution in [2.75, 3.05) is 4.90 Å². The van der Waals surface area contributed by atoms with E-state index in [4.69, 9.17) is 16.1 Å². The van der Waals surface area contributed by atoms with Gasteiger partial charge in [0.2, 0.25) is 0 Å². The van der Waals surface area contributed by atoms with Crippen molar-refractivity contribution in [3.8, 4) is 11.3 Å². The Morgan fingerprint density at radius 3 is 2.71 bits per heavy atom. The normalized spacial score (nSPS) is 11.0. The van der Waals surface area contributed by atoms with Crippen LogP contribution in [0.4, 0.5) is 10.8 Å². The highest BCUT2D eigenvalue weighted by atomic mass is 35.5. The molecular formula is C24H16ClN5O4S. The van der Waals surface area contributed by atoms with Crippen LogP contribution in [-0.4, -0.2) is 26.0 Å². The lowest BCUT2D eigenvalue weighted by atomic mass is 10.0. The van der Waals surface area contributed by atoms with E-state index >= 15 is 0 Å². The molecule has 2 aromatic carbocycles. The van der Waals surface area contributed by atoms with Crippen molar-refractivity contribution >= 4 is 49.9 Å². The lowest BCUT2D eigenvalue weighted by Gasteiger charge is -2.19. The average Bonchev–Trinajstić information content (AvgIpc) is 3.45. The summed E-state index contributed by atoms with van der Waals surface area (Å²) in [5, 5.41) is 16.1. The number of nitro groups is 1. The summed E-state index contributed by atoms with van der Waals surface area (Å²) in [5.41, 5.74) is 2.26. The van der Waals surface area contributed by atoms with Crippen LogP contribution in [0.3, 0.4) is 0 Å². The Hall–Kier alpha value is -4.15. The topological polar surface area (TPSA) is 115 Å². The summed E-state index contributed by atoms with van der Waals surface area (Å²) in [6, 6.07) is 16.9. The van der Waals surface area contributed by atoms with Gasteiger partial charge in [-0.25, -0.2) is 4.98 Å². The molecule has 0 radical (unpaired) electrons. The van der Waals surface area contributed by atoms with Gasteiger partial charge < -0.3 is 4.52 Å². The predicted octanol–water partition coefficient (Wildman–Crippen LogP) is 6.06. The summed E-state index contributed by atoms with van der Waals surface area (Å²) >= 11 is 7.56. The smallest absolute Gasteiger partial charge is 0.270 e. The maximum absolute atomic E-state index is 14.0. The third-order valence-electron chi connectivity index (χ3n) is 5.30. The van der Waals surface area contributed by atoms with Gasteiger partial charge in [0.15, 0.2) is 5.13 Å². The number of halogens is 1. The summed E-state index contributed by atoms with van der Waals surface area (Å²) < 4.78 is 5.98. The van der Waals surface area contributed by atoms with E-state index in [1.807, 2.05) is 6.07 Å². The van der Waals surface area contributed by atoms with Crippen LogP contribution in [0, 0.1) is 17.0 Å². The van der Waals surface area contributed by atoms with E-state index in [9.17, 15) is 14.9 Å². The van der Waals surface area contributed by atoms with Gasteiger partial charge in [0.1, 0.15) is 17.0 Å². The number of fused-ring (bicyclic) bond motifs is 1. The fourth-order valence-corrected chi connectivity index (χ4v) is 4.83. The minimum atomic E-state index is -0.466. The molecule has 11 heteroatoms. The quantitative estimate of drug-likeness (QED) is 0.203. The molecular weight excluding hydrogens is 490 g/mol. The van der Waals surface area contributed by atoms with Crippen LogP contribution >= 0.6 is 22.9 Å². The van der Waals surface area contributed by atoms with Crippen molar-refractivity contribution < 1.29 is 14.2 Å². The minimum absolute atomic E-state index is 0.0498. The molecule has 0 bridgehead atoms. The number of thiazole rings is 1. The van der Waals surface area contributed by atoms with Crippen molar-refractivity contribution in [3.63, 3.8) is 0 Å². The molecule has 0 saturated heterocycles. The van der Waals surface area contributed by atoms with Crippen LogP contribution in [0.25, 0.3) is 21.5 Å². The van der Waals surface area contributed by atoms with Crippen LogP contribution in [-0.2, 0) is 6.54 Å². The predicted molar refractivity (Wildman–Crippen MR) is 133 cm³/mol. The lowest BCUT2D eigenvalue weighted by Crippen LogP contribution is -2.31. The Balaban J connectivity index is 1.63. The Labute approximate surface area is 207 Å². The third kappa shape index (κ3) is 4.36. The van der Waals surface area contributed by atoms with Crippen molar-refractivity contribution in [2.24, 2.45) is 0 Å². The van der Waals surface area contributed by atoms with E-state index in [0.717, 1.165) is 0 Å². The zero-order valence-corrected chi connectivity index (χ0v) is 19.8. The van der Waals surface area contributed by atoms with Gasteiger partial charge in [-0.05, 0) is 31.2 Å². The molecule has 3 heterocycles. The maximum atomic E-state index is 14.0. The standard InChI is InChI=1S/C24H16ClN5O4S/c1-14-21(22(28-34-14)17-7-2-3-8-18(17)25)23(31)29(13-15-6-4-5-11-26-15)24-27-19-10-9-16(30(32)33)12-20(19)35-24/h2-12H,13H2,1H3. The number of carbonyl (C=O) groups excluding carboxylic acids is 1. The second-order valence-electron chi connectivity index (χ2n) is 7.56. The van der Waals surface area contributed by atoms with Crippen molar-refractivity contribution in [2.45, 2.75) is 13.5 Å². The molecule has 0 unspecified atom stereocenters. The second kappa shape index (κ2) is 9.24. The first-order valence-electron chi connectivity index (χ1n) is 10.4. The van der Waals surface area contributed by atoms with Crippen molar-refractivity contribution in [1.29, 1.82) is 0 Å². The van der Waals surface area contributed by atoms with Gasteiger partial charge in [-0.2, -0.15) is 0 Å². The van der Waals surface area contributed by atoms with Gasteiger partial charge in [0, 0.05) is 23.9 Å². The number of anilines is 1. The summed E-state index contributed by atoms with van der Waals surface area (Å²) in [4.78, 5) is 35.2.